The highest BCUT2D eigenvalue weighted by atomic mass is 16.3. The summed E-state index contributed by atoms with van der Waals surface area (Å²) in [6, 6.07) is 6.25. The van der Waals surface area contributed by atoms with E-state index in [1.807, 2.05) is 18.2 Å². The molecule has 1 aliphatic carbocycles. The fourth-order valence-corrected chi connectivity index (χ4v) is 4.05. The molecule has 4 rings (SSSR count). The van der Waals surface area contributed by atoms with Gasteiger partial charge in [-0.2, -0.15) is 0 Å². The Hall–Kier alpha value is -1.92. The van der Waals surface area contributed by atoms with Crippen LogP contribution in [0, 0.1) is 0 Å². The second kappa shape index (κ2) is 6.18. The molecule has 2 fully saturated rings. The lowest BCUT2D eigenvalue weighted by Gasteiger charge is -2.40. The first-order valence-electron chi connectivity index (χ1n) is 8.76. The number of aliphatic hydroxyl groups is 1. The molecular weight excluding hydrogens is 304 g/mol. The van der Waals surface area contributed by atoms with Crippen LogP contribution in [0.15, 0.2) is 29.3 Å². The van der Waals surface area contributed by atoms with Gasteiger partial charge >= 0.3 is 0 Å². The van der Waals surface area contributed by atoms with Gasteiger partial charge in [-0.05, 0) is 37.5 Å². The van der Waals surface area contributed by atoms with Gasteiger partial charge in [-0.25, -0.2) is 4.98 Å². The molecule has 0 amide bonds. The third kappa shape index (κ3) is 2.70. The van der Waals surface area contributed by atoms with Crippen molar-refractivity contribution in [2.45, 2.75) is 31.4 Å². The first-order chi connectivity index (χ1) is 11.6. The quantitative estimate of drug-likeness (QED) is 0.890. The van der Waals surface area contributed by atoms with Crippen LogP contribution in [0.2, 0.25) is 0 Å². The minimum Gasteiger partial charge on any atom is -0.391 e. The maximum Gasteiger partial charge on any atom is 0.260 e. The molecular formula is C18H24N4O2. The number of nitrogens with zero attached hydrogens (tertiary/aromatic N) is 4. The number of aliphatic hydroxyl groups excluding tert-OH is 1. The fraction of sp³-hybridized carbons (Fsp3) is 0.556. The molecule has 1 aromatic carbocycles. The first-order valence-corrected chi connectivity index (χ1v) is 8.76. The topological polar surface area (TPSA) is 61.6 Å². The molecule has 1 aromatic heterocycles. The third-order valence-electron chi connectivity index (χ3n) is 5.49. The summed E-state index contributed by atoms with van der Waals surface area (Å²) < 4.78 is 1.51. The highest BCUT2D eigenvalue weighted by molar-refractivity contribution is 5.81. The molecule has 2 aliphatic rings. The molecule has 1 saturated carbocycles. The normalized spacial score (nSPS) is 25.5. The summed E-state index contributed by atoms with van der Waals surface area (Å²) in [5.41, 5.74) is 1.87. The van der Waals surface area contributed by atoms with Crippen molar-refractivity contribution in [1.29, 1.82) is 0 Å². The van der Waals surface area contributed by atoms with E-state index in [1.165, 1.54) is 4.57 Å². The second-order valence-electron chi connectivity index (χ2n) is 6.95. The van der Waals surface area contributed by atoms with E-state index >= 15 is 0 Å². The lowest BCUT2D eigenvalue weighted by Crippen LogP contribution is -2.52. The zero-order valence-electron chi connectivity index (χ0n) is 14.1. The lowest BCUT2D eigenvalue weighted by atomic mass is 10.1. The van der Waals surface area contributed by atoms with Crippen molar-refractivity contribution in [1.82, 2.24) is 14.5 Å². The van der Waals surface area contributed by atoms with Crippen LogP contribution >= 0.6 is 0 Å². The molecule has 1 saturated heterocycles. The molecule has 1 N–H and O–H groups in total. The van der Waals surface area contributed by atoms with Crippen LogP contribution in [-0.4, -0.2) is 57.9 Å². The Kier molecular flexibility index (Phi) is 4.02. The predicted molar refractivity (Wildman–Crippen MR) is 94.4 cm³/mol. The van der Waals surface area contributed by atoms with E-state index < -0.39 is 0 Å². The average Bonchev–Trinajstić information content (AvgIpc) is 3.04. The zero-order chi connectivity index (χ0) is 16.7. The zero-order valence-corrected chi connectivity index (χ0v) is 14.1. The van der Waals surface area contributed by atoms with Crippen molar-refractivity contribution < 1.29 is 5.11 Å². The second-order valence-corrected chi connectivity index (χ2v) is 6.95. The van der Waals surface area contributed by atoms with Crippen molar-refractivity contribution >= 4 is 16.6 Å². The summed E-state index contributed by atoms with van der Waals surface area (Å²) in [6.07, 6.45) is 4.61. The summed E-state index contributed by atoms with van der Waals surface area (Å²) >= 11 is 0. The fourth-order valence-electron chi connectivity index (χ4n) is 4.05. The van der Waals surface area contributed by atoms with E-state index in [9.17, 15) is 9.90 Å². The number of hydrogen-bond donors (Lipinski definition) is 1. The average molecular weight is 328 g/mol. The Morgan fingerprint density at radius 1 is 1.17 bits per heavy atom. The molecule has 0 bridgehead atoms. The van der Waals surface area contributed by atoms with Crippen molar-refractivity contribution in [2.24, 2.45) is 7.05 Å². The Balaban J connectivity index is 1.50. The van der Waals surface area contributed by atoms with E-state index in [-0.39, 0.29) is 11.7 Å². The maximum atomic E-state index is 12.1. The number of piperazine rings is 1. The Morgan fingerprint density at radius 2 is 1.96 bits per heavy atom. The minimum absolute atomic E-state index is 0.00779. The predicted octanol–water partition coefficient (Wildman–Crippen LogP) is 0.969. The largest absolute Gasteiger partial charge is 0.391 e. The van der Waals surface area contributed by atoms with Crippen LogP contribution in [0.4, 0.5) is 5.69 Å². The third-order valence-corrected chi connectivity index (χ3v) is 5.49. The van der Waals surface area contributed by atoms with Crippen LogP contribution in [0.25, 0.3) is 10.9 Å². The van der Waals surface area contributed by atoms with Crippen molar-refractivity contribution in [2.75, 3.05) is 31.1 Å². The van der Waals surface area contributed by atoms with E-state index in [4.69, 9.17) is 0 Å². The summed E-state index contributed by atoms with van der Waals surface area (Å²) in [5, 5.41) is 10.8. The highest BCUT2D eigenvalue weighted by Crippen LogP contribution is 2.26. The number of anilines is 1. The summed E-state index contributed by atoms with van der Waals surface area (Å²) in [5.74, 6) is 0. The Bertz CT molecular complexity index is 795. The molecule has 128 valence electrons. The molecule has 2 atom stereocenters. The van der Waals surface area contributed by atoms with Crippen molar-refractivity contribution in [3.8, 4) is 0 Å². The summed E-state index contributed by atoms with van der Waals surface area (Å²) in [7, 11) is 1.72. The van der Waals surface area contributed by atoms with Gasteiger partial charge in [-0.3, -0.25) is 9.69 Å². The van der Waals surface area contributed by atoms with Gasteiger partial charge in [0.15, 0.2) is 0 Å². The van der Waals surface area contributed by atoms with E-state index in [0.717, 1.165) is 56.6 Å². The van der Waals surface area contributed by atoms with Crippen LogP contribution in [0.3, 0.4) is 0 Å². The van der Waals surface area contributed by atoms with Gasteiger partial charge in [0.2, 0.25) is 0 Å². The monoisotopic (exact) mass is 328 g/mol. The molecule has 6 nitrogen and oxygen atoms in total. The van der Waals surface area contributed by atoms with Gasteiger partial charge in [-0.15, -0.1) is 0 Å². The number of aryl methyl sites for hydroxylation is 1. The molecule has 0 spiro atoms. The molecule has 0 radical (unpaired) electrons. The molecule has 2 aromatic rings. The minimum atomic E-state index is -0.155. The number of rotatable bonds is 2. The molecule has 1 aliphatic heterocycles. The van der Waals surface area contributed by atoms with Gasteiger partial charge in [0, 0.05) is 45.0 Å². The SMILES string of the molecule is Cn1cnc2cc(N3CCN(C4CCCC4O)CC3)ccc2c1=O. The van der Waals surface area contributed by atoms with Gasteiger partial charge in [0.25, 0.3) is 5.56 Å². The Labute approximate surface area is 141 Å². The van der Waals surface area contributed by atoms with Crippen LogP contribution < -0.4 is 10.5 Å². The number of hydrogen-bond acceptors (Lipinski definition) is 5. The number of aromatic nitrogens is 2. The van der Waals surface area contributed by atoms with Gasteiger partial charge in [0.1, 0.15) is 0 Å². The van der Waals surface area contributed by atoms with Gasteiger partial charge in [-0.1, -0.05) is 0 Å². The maximum absolute atomic E-state index is 12.1. The molecule has 2 heterocycles. The Morgan fingerprint density at radius 3 is 2.67 bits per heavy atom. The van der Waals surface area contributed by atoms with Crippen molar-refractivity contribution in [3.05, 3.63) is 34.9 Å². The van der Waals surface area contributed by atoms with Crippen LogP contribution in [0.5, 0.6) is 0 Å². The van der Waals surface area contributed by atoms with E-state index in [1.54, 1.807) is 13.4 Å². The number of benzene rings is 1. The van der Waals surface area contributed by atoms with Crippen LogP contribution in [-0.2, 0) is 7.05 Å². The summed E-state index contributed by atoms with van der Waals surface area (Å²) in [6.45, 7) is 3.84. The highest BCUT2D eigenvalue weighted by Gasteiger charge is 2.32. The van der Waals surface area contributed by atoms with Gasteiger partial charge in [0.05, 0.1) is 23.3 Å². The molecule has 24 heavy (non-hydrogen) atoms. The van der Waals surface area contributed by atoms with Crippen LogP contribution in [0.1, 0.15) is 19.3 Å². The first kappa shape index (κ1) is 15.6. The smallest absolute Gasteiger partial charge is 0.260 e. The summed E-state index contributed by atoms with van der Waals surface area (Å²) in [4.78, 5) is 21.3. The van der Waals surface area contributed by atoms with Gasteiger partial charge < -0.3 is 14.6 Å². The lowest BCUT2D eigenvalue weighted by molar-refractivity contribution is 0.0671. The number of fused-ring (bicyclic) bond motifs is 1. The molecule has 6 heteroatoms. The standard InChI is InChI=1S/C18H24N4O2/c1-20-12-19-15-11-13(5-6-14(15)18(20)24)21-7-9-22(10-8-21)16-3-2-4-17(16)23/h5-6,11-12,16-17,23H,2-4,7-10H2,1H3. The van der Waals surface area contributed by atoms with E-state index in [2.05, 4.69) is 14.8 Å². The van der Waals surface area contributed by atoms with Crippen molar-refractivity contribution in [3.63, 3.8) is 0 Å². The van der Waals surface area contributed by atoms with E-state index in [0.29, 0.717) is 11.4 Å². The molecule has 2 unspecified atom stereocenters.